The van der Waals surface area contributed by atoms with Gasteiger partial charge in [0, 0.05) is 18.9 Å². The van der Waals surface area contributed by atoms with Crippen LogP contribution in [0.1, 0.15) is 65.2 Å². The van der Waals surface area contributed by atoms with Crippen LogP contribution in [-0.2, 0) is 4.74 Å². The topological polar surface area (TPSA) is 9.23 Å². The highest BCUT2D eigenvalue weighted by atomic mass is 16.5. The van der Waals surface area contributed by atoms with Gasteiger partial charge in [-0.25, -0.2) is 0 Å². The summed E-state index contributed by atoms with van der Waals surface area (Å²) in [5, 5.41) is 0. The highest BCUT2D eigenvalue weighted by Crippen LogP contribution is 2.26. The van der Waals surface area contributed by atoms with Gasteiger partial charge in [-0.15, -0.1) is 5.92 Å². The fourth-order valence-corrected chi connectivity index (χ4v) is 2.20. The van der Waals surface area contributed by atoms with E-state index >= 15 is 0 Å². The van der Waals surface area contributed by atoms with E-state index in [-0.39, 0.29) is 0 Å². The summed E-state index contributed by atoms with van der Waals surface area (Å²) in [6.07, 6.45) is 10.2. The van der Waals surface area contributed by atoms with E-state index < -0.39 is 0 Å². The lowest BCUT2D eigenvalue weighted by atomic mass is 9.86. The van der Waals surface area contributed by atoms with E-state index in [4.69, 9.17) is 4.74 Å². The maximum absolute atomic E-state index is 5.90. The van der Waals surface area contributed by atoms with Crippen LogP contribution >= 0.6 is 0 Å². The second kappa shape index (κ2) is 8.65. The van der Waals surface area contributed by atoms with Gasteiger partial charge in [0.15, 0.2) is 0 Å². The van der Waals surface area contributed by atoms with Crippen LogP contribution in [0.4, 0.5) is 0 Å². The number of unbranched alkanes of at least 4 members (excludes halogenated alkanes) is 2. The molecule has 1 aliphatic carbocycles. The summed E-state index contributed by atoms with van der Waals surface area (Å²) < 4.78 is 5.90. The van der Waals surface area contributed by atoms with Crippen molar-refractivity contribution in [2.24, 2.45) is 5.92 Å². The molecule has 1 fully saturated rings. The van der Waals surface area contributed by atoms with E-state index in [1.54, 1.807) is 0 Å². The van der Waals surface area contributed by atoms with Gasteiger partial charge < -0.3 is 4.74 Å². The summed E-state index contributed by atoms with van der Waals surface area (Å²) >= 11 is 0. The van der Waals surface area contributed by atoms with Crippen LogP contribution in [0.3, 0.4) is 0 Å². The van der Waals surface area contributed by atoms with Gasteiger partial charge in [0.25, 0.3) is 0 Å². The molecule has 0 aromatic heterocycles. The largest absolute Gasteiger partial charge is 0.377 e. The third-order valence-corrected chi connectivity index (χ3v) is 3.18. The van der Waals surface area contributed by atoms with Gasteiger partial charge in [0.2, 0.25) is 0 Å². The SMILES string of the molecule is CCCCC#C[C@@H]1CCCC[C@@H]1OCCC. The normalized spacial score (nSPS) is 24.9. The van der Waals surface area contributed by atoms with Crippen molar-refractivity contribution in [3.8, 4) is 11.8 Å². The molecule has 2 atom stereocenters. The van der Waals surface area contributed by atoms with Crippen LogP contribution in [0.5, 0.6) is 0 Å². The lowest BCUT2D eigenvalue weighted by Gasteiger charge is -2.27. The van der Waals surface area contributed by atoms with E-state index in [0.29, 0.717) is 12.0 Å². The molecule has 0 heterocycles. The number of hydrogen-bond donors (Lipinski definition) is 0. The monoisotopic (exact) mass is 222 g/mol. The third-order valence-electron chi connectivity index (χ3n) is 3.18. The predicted molar refractivity (Wildman–Crippen MR) is 69.3 cm³/mol. The highest BCUT2D eigenvalue weighted by molar-refractivity contribution is 5.07. The summed E-state index contributed by atoms with van der Waals surface area (Å²) in [6, 6.07) is 0. The first-order chi connectivity index (χ1) is 7.88. The zero-order chi connectivity index (χ0) is 11.6. The molecular formula is C15H26O. The molecule has 0 N–H and O–H groups in total. The Morgan fingerprint density at radius 3 is 2.69 bits per heavy atom. The van der Waals surface area contributed by atoms with Crippen LogP contribution in [-0.4, -0.2) is 12.7 Å². The standard InChI is InChI=1S/C15H26O/c1-3-5-6-7-10-14-11-8-9-12-15(14)16-13-4-2/h14-15H,3-6,8-9,11-13H2,1-2H3/t14-,15+/m1/s1. The quantitative estimate of drug-likeness (QED) is 0.501. The van der Waals surface area contributed by atoms with Crippen molar-refractivity contribution < 1.29 is 4.74 Å². The van der Waals surface area contributed by atoms with Crippen LogP contribution < -0.4 is 0 Å². The lowest BCUT2D eigenvalue weighted by molar-refractivity contribution is 0.00694. The molecule has 92 valence electrons. The van der Waals surface area contributed by atoms with E-state index in [1.807, 2.05) is 0 Å². The second-order valence-electron chi connectivity index (χ2n) is 4.72. The molecule has 16 heavy (non-hydrogen) atoms. The summed E-state index contributed by atoms with van der Waals surface area (Å²) in [5.41, 5.74) is 0. The Morgan fingerprint density at radius 1 is 1.12 bits per heavy atom. The van der Waals surface area contributed by atoms with E-state index in [2.05, 4.69) is 25.7 Å². The van der Waals surface area contributed by atoms with Gasteiger partial charge in [-0.05, 0) is 25.7 Å². The highest BCUT2D eigenvalue weighted by Gasteiger charge is 2.23. The number of hydrogen-bond acceptors (Lipinski definition) is 1. The molecular weight excluding hydrogens is 196 g/mol. The first kappa shape index (κ1) is 13.6. The van der Waals surface area contributed by atoms with Gasteiger partial charge in [-0.2, -0.15) is 0 Å². The van der Waals surface area contributed by atoms with E-state index in [9.17, 15) is 0 Å². The van der Waals surface area contributed by atoms with Crippen molar-refractivity contribution in [1.29, 1.82) is 0 Å². The first-order valence-corrected chi connectivity index (χ1v) is 6.98. The van der Waals surface area contributed by atoms with Gasteiger partial charge in [0.05, 0.1) is 6.10 Å². The zero-order valence-electron chi connectivity index (χ0n) is 10.9. The van der Waals surface area contributed by atoms with Crippen molar-refractivity contribution in [2.45, 2.75) is 71.3 Å². The maximum atomic E-state index is 5.90. The molecule has 1 saturated carbocycles. The van der Waals surface area contributed by atoms with Gasteiger partial charge in [-0.1, -0.05) is 39.0 Å². The van der Waals surface area contributed by atoms with Crippen LogP contribution in [0.25, 0.3) is 0 Å². The summed E-state index contributed by atoms with van der Waals surface area (Å²) in [4.78, 5) is 0. The number of ether oxygens (including phenoxy) is 1. The smallest absolute Gasteiger partial charge is 0.0712 e. The minimum Gasteiger partial charge on any atom is -0.377 e. The molecule has 0 radical (unpaired) electrons. The van der Waals surface area contributed by atoms with Crippen molar-refractivity contribution in [2.75, 3.05) is 6.61 Å². The van der Waals surface area contributed by atoms with Crippen molar-refractivity contribution >= 4 is 0 Å². The Hall–Kier alpha value is -0.480. The molecule has 0 amide bonds. The van der Waals surface area contributed by atoms with Crippen LogP contribution in [0, 0.1) is 17.8 Å². The fraction of sp³-hybridized carbons (Fsp3) is 0.867. The molecule has 1 nitrogen and oxygen atoms in total. The molecule has 0 aromatic carbocycles. The van der Waals surface area contributed by atoms with Crippen molar-refractivity contribution in [3.05, 3.63) is 0 Å². The predicted octanol–water partition coefficient (Wildman–Crippen LogP) is 4.17. The molecule has 0 unspecified atom stereocenters. The van der Waals surface area contributed by atoms with Gasteiger partial charge >= 0.3 is 0 Å². The third kappa shape index (κ3) is 5.03. The van der Waals surface area contributed by atoms with Crippen LogP contribution in [0.15, 0.2) is 0 Å². The van der Waals surface area contributed by atoms with E-state index in [0.717, 1.165) is 19.4 Å². The lowest BCUT2D eigenvalue weighted by Crippen LogP contribution is -2.27. The Labute approximate surface area is 101 Å². The van der Waals surface area contributed by atoms with Crippen LogP contribution in [0.2, 0.25) is 0 Å². The Morgan fingerprint density at radius 2 is 1.94 bits per heavy atom. The zero-order valence-corrected chi connectivity index (χ0v) is 10.9. The first-order valence-electron chi connectivity index (χ1n) is 6.98. The molecule has 0 aliphatic heterocycles. The summed E-state index contributed by atoms with van der Waals surface area (Å²) in [6.45, 7) is 5.29. The minimum absolute atomic E-state index is 0.419. The van der Waals surface area contributed by atoms with Gasteiger partial charge in [-0.3, -0.25) is 0 Å². The number of rotatable bonds is 5. The second-order valence-corrected chi connectivity index (χ2v) is 4.72. The molecule has 0 saturated heterocycles. The molecule has 1 heteroatoms. The molecule has 1 aliphatic rings. The fourth-order valence-electron chi connectivity index (χ4n) is 2.20. The van der Waals surface area contributed by atoms with Gasteiger partial charge in [0.1, 0.15) is 0 Å². The minimum atomic E-state index is 0.419. The molecule has 0 spiro atoms. The summed E-state index contributed by atoms with van der Waals surface area (Å²) in [5.74, 6) is 7.28. The van der Waals surface area contributed by atoms with Crippen molar-refractivity contribution in [3.63, 3.8) is 0 Å². The molecule has 0 bridgehead atoms. The van der Waals surface area contributed by atoms with Crippen molar-refractivity contribution in [1.82, 2.24) is 0 Å². The summed E-state index contributed by atoms with van der Waals surface area (Å²) in [7, 11) is 0. The Balaban J connectivity index is 2.35. The average molecular weight is 222 g/mol. The molecule has 1 rings (SSSR count). The Kier molecular flexibility index (Phi) is 7.34. The Bertz CT molecular complexity index is 223. The molecule has 0 aromatic rings. The van der Waals surface area contributed by atoms with E-state index in [1.165, 1.54) is 38.5 Å². The maximum Gasteiger partial charge on any atom is 0.0712 e. The average Bonchev–Trinajstić information content (AvgIpc) is 2.33.